The zero-order valence-corrected chi connectivity index (χ0v) is 14.8. The van der Waals surface area contributed by atoms with Crippen molar-refractivity contribution in [1.82, 2.24) is 5.32 Å². The summed E-state index contributed by atoms with van der Waals surface area (Å²) in [6, 6.07) is 7.97. The average molecular weight is 407 g/mol. The van der Waals surface area contributed by atoms with E-state index in [2.05, 4.69) is 10.6 Å². The van der Waals surface area contributed by atoms with Gasteiger partial charge in [0.2, 0.25) is 17.6 Å². The molecule has 3 rings (SSSR count). The zero-order chi connectivity index (χ0) is 20.4. The number of nitrogens with zero attached hydrogens (tertiary/aromatic N) is 2. The highest BCUT2D eigenvalue weighted by Gasteiger charge is 2.39. The molecule has 2 aromatic rings. The van der Waals surface area contributed by atoms with Crippen molar-refractivity contribution >= 4 is 46.5 Å². The fourth-order valence-corrected chi connectivity index (χ4v) is 2.74. The topological polar surface area (TPSA) is 122 Å². The molecule has 0 spiro atoms. The molecule has 2 aromatic carbocycles. The van der Waals surface area contributed by atoms with Gasteiger partial charge < -0.3 is 10.6 Å². The lowest BCUT2D eigenvalue weighted by molar-refractivity contribution is -0.387. The molecule has 9 nitrogen and oxygen atoms in total. The van der Waals surface area contributed by atoms with Crippen molar-refractivity contribution in [2.75, 3.05) is 16.8 Å². The van der Waals surface area contributed by atoms with E-state index in [1.165, 1.54) is 24.3 Å². The molecule has 1 aliphatic heterocycles. The Kier molecular flexibility index (Phi) is 5.23. The molecule has 4 amide bonds. The number of nitro benzene ring substituents is 1. The van der Waals surface area contributed by atoms with Gasteiger partial charge in [-0.3, -0.25) is 19.7 Å². The molecule has 28 heavy (non-hydrogen) atoms. The van der Waals surface area contributed by atoms with Gasteiger partial charge in [0.25, 0.3) is 0 Å². The van der Waals surface area contributed by atoms with Crippen molar-refractivity contribution < 1.29 is 23.7 Å². The van der Waals surface area contributed by atoms with Gasteiger partial charge >= 0.3 is 11.7 Å². The number of rotatable bonds is 4. The van der Waals surface area contributed by atoms with Crippen molar-refractivity contribution in [3.63, 3.8) is 0 Å². The summed E-state index contributed by atoms with van der Waals surface area (Å²) >= 11 is 5.80. The van der Waals surface area contributed by atoms with Gasteiger partial charge in [0, 0.05) is 23.3 Å². The van der Waals surface area contributed by atoms with Crippen LogP contribution in [0.3, 0.4) is 0 Å². The number of halogens is 2. The third-order valence-electron chi connectivity index (χ3n) is 3.99. The van der Waals surface area contributed by atoms with E-state index < -0.39 is 40.2 Å². The van der Waals surface area contributed by atoms with Crippen LogP contribution in [0.2, 0.25) is 5.02 Å². The van der Waals surface area contributed by atoms with Crippen LogP contribution in [0.15, 0.2) is 42.5 Å². The molecule has 144 valence electrons. The number of imide groups is 1. The summed E-state index contributed by atoms with van der Waals surface area (Å²) in [5, 5.41) is 16.0. The van der Waals surface area contributed by atoms with E-state index in [1.54, 1.807) is 0 Å². The molecular weight excluding hydrogens is 395 g/mol. The second kappa shape index (κ2) is 7.61. The number of anilines is 2. The van der Waals surface area contributed by atoms with Crippen LogP contribution in [0.4, 0.5) is 26.2 Å². The van der Waals surface area contributed by atoms with Crippen LogP contribution in [0.25, 0.3) is 0 Å². The fourth-order valence-electron chi connectivity index (χ4n) is 2.61. The largest absolute Gasteiger partial charge is 0.336 e. The van der Waals surface area contributed by atoms with Gasteiger partial charge in [-0.05, 0) is 36.4 Å². The third-order valence-corrected chi connectivity index (χ3v) is 4.24. The minimum atomic E-state index is -1.28. The molecule has 1 saturated heterocycles. The standard InChI is InChI=1S/C17H12ClFN4O5/c18-9-1-4-11(5-2-9)22-16(25)12(8-20-17(22)26)15(24)21-10-3-6-13(19)14(7-10)23(27)28/h1-7,12H,8H2,(H,20,26)(H,21,24). The van der Waals surface area contributed by atoms with Gasteiger partial charge in [-0.15, -0.1) is 0 Å². The summed E-state index contributed by atoms with van der Waals surface area (Å²) in [4.78, 5) is 47.9. The van der Waals surface area contributed by atoms with Crippen molar-refractivity contribution in [3.05, 3.63) is 63.4 Å². The SMILES string of the molecule is O=C(Nc1ccc(F)c([N+](=O)[O-])c1)C1CNC(=O)N(c2ccc(Cl)cc2)C1=O. The van der Waals surface area contributed by atoms with Crippen molar-refractivity contribution in [1.29, 1.82) is 0 Å². The van der Waals surface area contributed by atoms with Crippen molar-refractivity contribution in [2.24, 2.45) is 5.92 Å². The number of amides is 4. The number of benzene rings is 2. The van der Waals surface area contributed by atoms with Crippen LogP contribution in [0, 0.1) is 21.8 Å². The number of nitro groups is 1. The van der Waals surface area contributed by atoms with E-state index >= 15 is 0 Å². The summed E-state index contributed by atoms with van der Waals surface area (Å²) < 4.78 is 13.4. The lowest BCUT2D eigenvalue weighted by atomic mass is 10.0. The Morgan fingerprint density at radius 2 is 1.93 bits per heavy atom. The molecule has 0 aliphatic carbocycles. The Bertz CT molecular complexity index is 982. The molecule has 1 unspecified atom stereocenters. The second-order valence-corrected chi connectivity index (χ2v) is 6.24. The van der Waals surface area contributed by atoms with Gasteiger partial charge in [0.1, 0.15) is 5.92 Å². The molecule has 1 heterocycles. The van der Waals surface area contributed by atoms with Crippen LogP contribution in [-0.4, -0.2) is 29.3 Å². The molecule has 11 heteroatoms. The van der Waals surface area contributed by atoms with E-state index in [4.69, 9.17) is 11.6 Å². The van der Waals surface area contributed by atoms with Gasteiger partial charge in [0.05, 0.1) is 10.6 Å². The maximum atomic E-state index is 13.4. The molecule has 2 N–H and O–H groups in total. The van der Waals surface area contributed by atoms with Crippen LogP contribution >= 0.6 is 11.6 Å². The lowest BCUT2D eigenvalue weighted by Gasteiger charge is -2.30. The second-order valence-electron chi connectivity index (χ2n) is 5.80. The van der Waals surface area contributed by atoms with Crippen LogP contribution in [0.1, 0.15) is 0 Å². The van der Waals surface area contributed by atoms with E-state index in [0.717, 1.165) is 23.1 Å². The summed E-state index contributed by atoms with van der Waals surface area (Å²) in [5.74, 6) is -3.92. The minimum Gasteiger partial charge on any atom is -0.336 e. The number of urea groups is 1. The molecule has 1 fully saturated rings. The summed E-state index contributed by atoms with van der Waals surface area (Å²) in [6.45, 7) is -0.253. The molecular formula is C17H12ClFN4O5. The van der Waals surface area contributed by atoms with Crippen LogP contribution < -0.4 is 15.5 Å². The maximum Gasteiger partial charge on any atom is 0.328 e. The van der Waals surface area contributed by atoms with Crippen LogP contribution in [0.5, 0.6) is 0 Å². The first-order chi connectivity index (χ1) is 13.3. The number of hydrogen-bond donors (Lipinski definition) is 2. The molecule has 0 saturated carbocycles. The molecule has 0 aromatic heterocycles. The highest BCUT2D eigenvalue weighted by Crippen LogP contribution is 2.25. The van der Waals surface area contributed by atoms with Crippen molar-refractivity contribution in [3.8, 4) is 0 Å². The van der Waals surface area contributed by atoms with Gasteiger partial charge in [0.15, 0.2) is 0 Å². The number of carbonyl (C=O) groups excluding carboxylic acids is 3. The quantitative estimate of drug-likeness (QED) is 0.459. The highest BCUT2D eigenvalue weighted by atomic mass is 35.5. The summed E-state index contributed by atoms with van der Waals surface area (Å²) in [7, 11) is 0. The Morgan fingerprint density at radius 1 is 1.25 bits per heavy atom. The Balaban J connectivity index is 1.81. The van der Waals surface area contributed by atoms with Crippen molar-refractivity contribution in [2.45, 2.75) is 0 Å². The first-order valence-electron chi connectivity index (χ1n) is 7.90. The van der Waals surface area contributed by atoms with Gasteiger partial charge in [-0.1, -0.05) is 11.6 Å². The Labute approximate surface area is 162 Å². The average Bonchev–Trinajstić information content (AvgIpc) is 2.64. The smallest absolute Gasteiger partial charge is 0.328 e. The molecule has 1 atom stereocenters. The highest BCUT2D eigenvalue weighted by molar-refractivity contribution is 6.30. The Morgan fingerprint density at radius 3 is 2.57 bits per heavy atom. The first-order valence-corrected chi connectivity index (χ1v) is 8.28. The van der Waals surface area contributed by atoms with E-state index in [0.29, 0.717) is 5.02 Å². The number of nitrogens with one attached hydrogen (secondary N) is 2. The maximum absolute atomic E-state index is 13.4. The number of carbonyl (C=O) groups is 3. The normalized spacial score (nSPS) is 16.5. The zero-order valence-electron chi connectivity index (χ0n) is 14.0. The van der Waals surface area contributed by atoms with E-state index in [9.17, 15) is 28.9 Å². The molecule has 1 aliphatic rings. The Hall–Kier alpha value is -3.53. The van der Waals surface area contributed by atoms with Gasteiger partial charge in [-0.25, -0.2) is 9.69 Å². The monoisotopic (exact) mass is 406 g/mol. The molecule has 0 bridgehead atoms. The fraction of sp³-hybridized carbons (Fsp3) is 0.118. The minimum absolute atomic E-state index is 0.0548. The van der Waals surface area contributed by atoms with E-state index in [-0.39, 0.29) is 17.9 Å². The third kappa shape index (κ3) is 3.76. The number of hydrogen-bond acceptors (Lipinski definition) is 5. The van der Waals surface area contributed by atoms with Crippen LogP contribution in [-0.2, 0) is 9.59 Å². The summed E-state index contributed by atoms with van der Waals surface area (Å²) in [6.07, 6.45) is 0. The summed E-state index contributed by atoms with van der Waals surface area (Å²) in [5.41, 5.74) is -0.647. The predicted molar refractivity (Wildman–Crippen MR) is 97.5 cm³/mol. The first kappa shape index (κ1) is 19.2. The molecule has 0 radical (unpaired) electrons. The van der Waals surface area contributed by atoms with E-state index in [1.807, 2.05) is 0 Å². The predicted octanol–water partition coefficient (Wildman–Crippen LogP) is 2.70. The lowest BCUT2D eigenvalue weighted by Crippen LogP contribution is -2.58. The van der Waals surface area contributed by atoms with Gasteiger partial charge in [-0.2, -0.15) is 4.39 Å².